The topological polar surface area (TPSA) is 43.4 Å². The van der Waals surface area contributed by atoms with Gasteiger partial charge in [-0.2, -0.15) is 0 Å². The molecule has 0 amide bonds. The van der Waals surface area contributed by atoms with Crippen LogP contribution in [0.1, 0.15) is 11.1 Å². The maximum absolute atomic E-state index is 11.0. The van der Waals surface area contributed by atoms with E-state index >= 15 is 0 Å². The predicted molar refractivity (Wildman–Crippen MR) is 56.7 cm³/mol. The Hall–Kier alpha value is -1.35. The van der Waals surface area contributed by atoms with E-state index in [-0.39, 0.29) is 18.8 Å². The molecular weight excluding hydrogens is 216 g/mol. The second-order valence-corrected chi connectivity index (χ2v) is 3.53. The summed E-state index contributed by atoms with van der Waals surface area (Å²) >= 11 is 5.27. The zero-order chi connectivity index (χ0) is 11.3. The van der Waals surface area contributed by atoms with Gasteiger partial charge >= 0.3 is 5.97 Å². The first-order valence-electron chi connectivity index (χ1n) is 4.45. The number of carbonyl (C=O) groups excluding carboxylic acids is 2. The van der Waals surface area contributed by atoms with Gasteiger partial charge in [0.1, 0.15) is 0 Å². The molecule has 0 aliphatic rings. The Balaban J connectivity index is 2.74. The number of hydrogen-bond acceptors (Lipinski definition) is 3. The Morgan fingerprint density at radius 2 is 1.87 bits per heavy atom. The average molecular weight is 227 g/mol. The Labute approximate surface area is 93.0 Å². The molecule has 0 aliphatic carbocycles. The van der Waals surface area contributed by atoms with Crippen LogP contribution in [0.15, 0.2) is 24.3 Å². The summed E-state index contributed by atoms with van der Waals surface area (Å²) < 4.78 is 4.54. The molecule has 0 unspecified atom stereocenters. The van der Waals surface area contributed by atoms with E-state index in [0.717, 1.165) is 11.1 Å². The summed E-state index contributed by atoms with van der Waals surface area (Å²) in [5, 5.41) is -0.412. The lowest BCUT2D eigenvalue weighted by Gasteiger charge is -2.02. The van der Waals surface area contributed by atoms with Crippen LogP contribution in [-0.2, 0) is 27.2 Å². The molecule has 0 radical (unpaired) electrons. The lowest BCUT2D eigenvalue weighted by atomic mass is 10.1. The number of rotatable bonds is 4. The highest BCUT2D eigenvalue weighted by Gasteiger charge is 2.04. The van der Waals surface area contributed by atoms with Crippen LogP contribution in [0.5, 0.6) is 0 Å². The minimum atomic E-state index is -0.412. The first-order chi connectivity index (χ1) is 7.11. The third kappa shape index (κ3) is 4.13. The van der Waals surface area contributed by atoms with Crippen LogP contribution < -0.4 is 0 Å². The van der Waals surface area contributed by atoms with Gasteiger partial charge in [-0.25, -0.2) is 0 Å². The van der Waals surface area contributed by atoms with Crippen LogP contribution in [0.25, 0.3) is 0 Å². The van der Waals surface area contributed by atoms with E-state index in [1.807, 2.05) is 0 Å². The fraction of sp³-hybridized carbons (Fsp3) is 0.273. The van der Waals surface area contributed by atoms with E-state index in [1.165, 1.54) is 7.11 Å². The monoisotopic (exact) mass is 226 g/mol. The Morgan fingerprint density at radius 1 is 1.27 bits per heavy atom. The largest absolute Gasteiger partial charge is 0.469 e. The van der Waals surface area contributed by atoms with Crippen molar-refractivity contribution < 1.29 is 14.3 Å². The highest BCUT2D eigenvalue weighted by atomic mass is 35.5. The minimum Gasteiger partial charge on any atom is -0.469 e. The van der Waals surface area contributed by atoms with E-state index in [2.05, 4.69) is 4.74 Å². The molecule has 1 aromatic rings. The van der Waals surface area contributed by atoms with Crippen LogP contribution >= 0.6 is 11.6 Å². The van der Waals surface area contributed by atoms with Crippen LogP contribution in [0, 0.1) is 0 Å². The number of ether oxygens (including phenoxy) is 1. The fourth-order valence-corrected chi connectivity index (χ4v) is 1.40. The van der Waals surface area contributed by atoms with Gasteiger partial charge < -0.3 is 4.74 Å². The lowest BCUT2D eigenvalue weighted by Crippen LogP contribution is -2.05. The SMILES string of the molecule is COC(=O)Cc1cccc(CC(=O)Cl)c1. The van der Waals surface area contributed by atoms with Crippen LogP contribution in [0.4, 0.5) is 0 Å². The van der Waals surface area contributed by atoms with Gasteiger partial charge in [-0.15, -0.1) is 0 Å². The van der Waals surface area contributed by atoms with Crippen molar-refractivity contribution in [3.63, 3.8) is 0 Å². The van der Waals surface area contributed by atoms with Crippen LogP contribution in [0.3, 0.4) is 0 Å². The molecule has 0 spiro atoms. The average Bonchev–Trinajstić information content (AvgIpc) is 2.17. The molecule has 80 valence electrons. The molecule has 0 aliphatic heterocycles. The maximum Gasteiger partial charge on any atom is 0.309 e. The normalized spacial score (nSPS) is 9.73. The molecule has 1 rings (SSSR count). The van der Waals surface area contributed by atoms with Crippen molar-refractivity contribution in [3.05, 3.63) is 35.4 Å². The molecule has 0 fully saturated rings. The number of carbonyl (C=O) groups is 2. The summed E-state index contributed by atoms with van der Waals surface area (Å²) in [4.78, 5) is 21.7. The molecular formula is C11H11ClO3. The molecule has 4 heteroatoms. The molecule has 3 nitrogen and oxygen atoms in total. The fourth-order valence-electron chi connectivity index (χ4n) is 1.25. The van der Waals surface area contributed by atoms with Crippen molar-refractivity contribution in [2.75, 3.05) is 7.11 Å². The van der Waals surface area contributed by atoms with E-state index in [4.69, 9.17) is 11.6 Å². The highest BCUT2D eigenvalue weighted by Crippen LogP contribution is 2.08. The second-order valence-electron chi connectivity index (χ2n) is 3.10. The van der Waals surface area contributed by atoms with Crippen molar-refractivity contribution in [3.8, 4) is 0 Å². The number of benzene rings is 1. The first kappa shape index (κ1) is 11.7. The second kappa shape index (κ2) is 5.51. The number of methoxy groups -OCH3 is 1. The zero-order valence-corrected chi connectivity index (χ0v) is 9.08. The summed E-state index contributed by atoms with van der Waals surface area (Å²) in [6.45, 7) is 0. The van der Waals surface area contributed by atoms with Gasteiger partial charge in [0.2, 0.25) is 5.24 Å². The molecule has 15 heavy (non-hydrogen) atoms. The van der Waals surface area contributed by atoms with Crippen molar-refractivity contribution in [1.29, 1.82) is 0 Å². The smallest absolute Gasteiger partial charge is 0.309 e. The standard InChI is InChI=1S/C11H11ClO3/c1-15-11(14)7-9-4-2-3-8(5-9)6-10(12)13/h2-5H,6-7H2,1H3. The first-order valence-corrected chi connectivity index (χ1v) is 4.82. The van der Waals surface area contributed by atoms with Gasteiger partial charge in [0.05, 0.1) is 13.5 Å². The van der Waals surface area contributed by atoms with Gasteiger partial charge in [-0.05, 0) is 22.7 Å². The zero-order valence-electron chi connectivity index (χ0n) is 8.33. The van der Waals surface area contributed by atoms with E-state index in [9.17, 15) is 9.59 Å². The summed E-state index contributed by atoms with van der Waals surface area (Å²) in [6, 6.07) is 7.16. The molecule has 0 atom stereocenters. The van der Waals surface area contributed by atoms with Gasteiger partial charge in [0.25, 0.3) is 0 Å². The lowest BCUT2D eigenvalue weighted by molar-refractivity contribution is -0.139. The molecule has 0 saturated carbocycles. The highest BCUT2D eigenvalue weighted by molar-refractivity contribution is 6.63. The summed E-state index contributed by atoms with van der Waals surface area (Å²) in [7, 11) is 1.34. The summed E-state index contributed by atoms with van der Waals surface area (Å²) in [5.41, 5.74) is 1.62. The van der Waals surface area contributed by atoms with Gasteiger partial charge in [0.15, 0.2) is 0 Å². The molecule has 0 N–H and O–H groups in total. The molecule has 0 heterocycles. The predicted octanol–water partition coefficient (Wildman–Crippen LogP) is 1.71. The van der Waals surface area contributed by atoms with Gasteiger partial charge in [0, 0.05) is 6.42 Å². The molecule has 1 aromatic carbocycles. The van der Waals surface area contributed by atoms with Gasteiger partial charge in [-0.1, -0.05) is 24.3 Å². The third-order valence-corrected chi connectivity index (χ3v) is 2.04. The molecule has 0 saturated heterocycles. The van der Waals surface area contributed by atoms with Crippen LogP contribution in [-0.4, -0.2) is 18.3 Å². The quantitative estimate of drug-likeness (QED) is 0.580. The van der Waals surface area contributed by atoms with E-state index < -0.39 is 5.24 Å². The summed E-state index contributed by atoms with van der Waals surface area (Å²) in [5.74, 6) is -0.302. The Kier molecular flexibility index (Phi) is 4.31. The molecule has 0 bridgehead atoms. The van der Waals surface area contributed by atoms with E-state index in [0.29, 0.717) is 0 Å². The Morgan fingerprint density at radius 3 is 2.40 bits per heavy atom. The third-order valence-electron chi connectivity index (χ3n) is 1.91. The minimum absolute atomic E-state index is 0.177. The van der Waals surface area contributed by atoms with E-state index in [1.54, 1.807) is 24.3 Å². The summed E-state index contributed by atoms with van der Waals surface area (Å²) in [6.07, 6.45) is 0.386. The van der Waals surface area contributed by atoms with Crippen molar-refractivity contribution in [2.45, 2.75) is 12.8 Å². The van der Waals surface area contributed by atoms with Crippen molar-refractivity contribution in [2.24, 2.45) is 0 Å². The number of esters is 1. The number of hydrogen-bond donors (Lipinski definition) is 0. The number of halogens is 1. The molecule has 0 aromatic heterocycles. The maximum atomic E-state index is 11.0. The Bertz CT molecular complexity index is 374. The van der Waals surface area contributed by atoms with Crippen molar-refractivity contribution in [1.82, 2.24) is 0 Å². The van der Waals surface area contributed by atoms with Crippen molar-refractivity contribution >= 4 is 22.8 Å². The van der Waals surface area contributed by atoms with Gasteiger partial charge in [-0.3, -0.25) is 9.59 Å². The van der Waals surface area contributed by atoms with Crippen LogP contribution in [0.2, 0.25) is 0 Å².